The topological polar surface area (TPSA) is 65.1 Å². The fourth-order valence-corrected chi connectivity index (χ4v) is 1.61. The average molecular weight is 275 g/mol. The van der Waals surface area contributed by atoms with Crippen molar-refractivity contribution in [2.24, 2.45) is 0 Å². The molecule has 0 saturated carbocycles. The van der Waals surface area contributed by atoms with Crippen LogP contribution in [0.2, 0.25) is 0 Å². The normalized spacial score (nSPS) is 17.4. The predicted octanol–water partition coefficient (Wildman–Crippen LogP) is 0.691. The first kappa shape index (κ1) is 14.1. The molecule has 0 spiro atoms. The second-order valence-electron chi connectivity index (χ2n) is 4.29. The van der Waals surface area contributed by atoms with Crippen molar-refractivity contribution < 1.29 is 23.6 Å². The quantitative estimate of drug-likeness (QED) is 0.597. The number of benzene rings is 1. The molecule has 0 radical (unpaired) electrons. The van der Waals surface area contributed by atoms with Crippen LogP contribution in [0.4, 0.5) is 0 Å². The molecular formula is C13H14BNO5. The van der Waals surface area contributed by atoms with E-state index in [2.05, 4.69) is 0 Å². The molecule has 1 aliphatic heterocycles. The summed E-state index contributed by atoms with van der Waals surface area (Å²) in [6.07, 6.45) is 3.00. The maximum atomic E-state index is 11.4. The Morgan fingerprint density at radius 2 is 1.75 bits per heavy atom. The Labute approximate surface area is 117 Å². The van der Waals surface area contributed by atoms with Crippen molar-refractivity contribution in [1.29, 1.82) is 0 Å². The van der Waals surface area contributed by atoms with Gasteiger partial charge in [0, 0.05) is 0 Å². The van der Waals surface area contributed by atoms with E-state index in [1.807, 2.05) is 30.3 Å². The summed E-state index contributed by atoms with van der Waals surface area (Å²) in [6.45, 7) is 0.0225. The first-order valence-electron chi connectivity index (χ1n) is 6.08. The van der Waals surface area contributed by atoms with Crippen molar-refractivity contribution in [1.82, 2.24) is 4.90 Å². The molecular weight excluding hydrogens is 261 g/mol. The van der Waals surface area contributed by atoms with Crippen LogP contribution in [0.5, 0.6) is 0 Å². The van der Waals surface area contributed by atoms with E-state index in [0.29, 0.717) is 0 Å². The second-order valence-corrected chi connectivity index (χ2v) is 4.29. The maximum Gasteiger partial charge on any atom is 0.867 e. The average Bonchev–Trinajstić information content (AvgIpc) is 2.37. The molecule has 0 aliphatic carbocycles. The largest absolute Gasteiger partial charge is 0.867 e. The SMILES string of the molecule is CN1CC(=O)OB(O/C=C/c2ccccc2)OC(=O)C1. The lowest BCUT2D eigenvalue weighted by Crippen LogP contribution is -2.43. The minimum absolute atomic E-state index is 0.0113. The van der Waals surface area contributed by atoms with Crippen LogP contribution in [0.15, 0.2) is 36.6 Å². The van der Waals surface area contributed by atoms with E-state index in [4.69, 9.17) is 14.0 Å². The van der Waals surface area contributed by atoms with Crippen LogP contribution in [0.3, 0.4) is 0 Å². The minimum atomic E-state index is -1.34. The molecule has 0 amide bonds. The Kier molecular flexibility index (Phi) is 4.78. The second kappa shape index (κ2) is 6.77. The summed E-state index contributed by atoms with van der Waals surface area (Å²) >= 11 is 0. The van der Waals surface area contributed by atoms with Gasteiger partial charge in [0.25, 0.3) is 0 Å². The Morgan fingerprint density at radius 1 is 1.15 bits per heavy atom. The third kappa shape index (κ3) is 4.44. The van der Waals surface area contributed by atoms with E-state index in [9.17, 15) is 9.59 Å². The van der Waals surface area contributed by atoms with Crippen LogP contribution in [0, 0.1) is 0 Å². The van der Waals surface area contributed by atoms with Crippen LogP contribution in [0.25, 0.3) is 6.08 Å². The van der Waals surface area contributed by atoms with Gasteiger partial charge in [-0.3, -0.25) is 14.5 Å². The van der Waals surface area contributed by atoms with Gasteiger partial charge in [-0.2, -0.15) is 0 Å². The number of carbonyl (C=O) groups excluding carboxylic acids is 2. The molecule has 2 rings (SSSR count). The Bertz CT molecular complexity index is 485. The molecule has 104 valence electrons. The summed E-state index contributed by atoms with van der Waals surface area (Å²) in [5, 5.41) is 0. The molecule has 0 N–H and O–H groups in total. The van der Waals surface area contributed by atoms with Crippen molar-refractivity contribution in [3.05, 3.63) is 42.2 Å². The molecule has 1 aromatic carbocycles. The number of carbonyl (C=O) groups is 2. The zero-order valence-corrected chi connectivity index (χ0v) is 11.0. The maximum absolute atomic E-state index is 11.4. The Morgan fingerprint density at radius 3 is 2.35 bits per heavy atom. The van der Waals surface area contributed by atoms with Crippen LogP contribution < -0.4 is 0 Å². The number of nitrogens with zero attached hydrogens (tertiary/aromatic N) is 1. The summed E-state index contributed by atoms with van der Waals surface area (Å²) in [7, 11) is 0.280. The molecule has 0 bridgehead atoms. The van der Waals surface area contributed by atoms with Gasteiger partial charge in [0.05, 0.1) is 19.4 Å². The molecule has 1 saturated heterocycles. The molecule has 1 aliphatic rings. The molecule has 1 heterocycles. The highest BCUT2D eigenvalue weighted by molar-refractivity contribution is 6.42. The molecule has 7 heteroatoms. The van der Waals surface area contributed by atoms with E-state index in [1.54, 1.807) is 13.1 Å². The van der Waals surface area contributed by atoms with Crippen molar-refractivity contribution in [2.45, 2.75) is 0 Å². The van der Waals surface area contributed by atoms with Gasteiger partial charge in [-0.05, 0) is 18.7 Å². The van der Waals surface area contributed by atoms with E-state index in [0.717, 1.165) is 5.56 Å². The lowest BCUT2D eigenvalue weighted by atomic mass is 10.2. The zero-order chi connectivity index (χ0) is 14.4. The number of likely N-dealkylation sites (N-methyl/N-ethyl adjacent to an activating group) is 1. The monoisotopic (exact) mass is 275 g/mol. The smallest absolute Gasteiger partial charge is 0.496 e. The van der Waals surface area contributed by atoms with Crippen LogP contribution in [0.1, 0.15) is 5.56 Å². The highest BCUT2D eigenvalue weighted by Gasteiger charge is 2.35. The van der Waals surface area contributed by atoms with Gasteiger partial charge in [-0.15, -0.1) is 0 Å². The van der Waals surface area contributed by atoms with Gasteiger partial charge in [0.15, 0.2) is 0 Å². The third-order valence-electron chi connectivity index (χ3n) is 2.50. The van der Waals surface area contributed by atoms with Crippen molar-refractivity contribution in [2.75, 3.05) is 20.1 Å². The van der Waals surface area contributed by atoms with E-state index < -0.39 is 19.3 Å². The predicted molar refractivity (Wildman–Crippen MR) is 72.0 cm³/mol. The first-order valence-corrected chi connectivity index (χ1v) is 6.08. The van der Waals surface area contributed by atoms with Crippen LogP contribution in [-0.4, -0.2) is 44.3 Å². The molecule has 1 aromatic rings. The summed E-state index contributed by atoms with van der Waals surface area (Å²) in [5.41, 5.74) is 0.913. The third-order valence-corrected chi connectivity index (χ3v) is 2.50. The molecule has 6 nitrogen and oxygen atoms in total. The Hall–Kier alpha value is -2.28. The van der Waals surface area contributed by atoms with Gasteiger partial charge < -0.3 is 14.0 Å². The highest BCUT2D eigenvalue weighted by Crippen LogP contribution is 2.05. The van der Waals surface area contributed by atoms with E-state index in [1.165, 1.54) is 11.2 Å². The summed E-state index contributed by atoms with van der Waals surface area (Å²) in [5.74, 6) is -1.03. The molecule has 0 unspecified atom stereocenters. The van der Waals surface area contributed by atoms with Gasteiger partial charge in [0.2, 0.25) is 0 Å². The summed E-state index contributed by atoms with van der Waals surface area (Å²) in [4.78, 5) is 24.4. The number of rotatable bonds is 3. The molecule has 0 aromatic heterocycles. The lowest BCUT2D eigenvalue weighted by Gasteiger charge is -2.20. The number of hydrogen-bond acceptors (Lipinski definition) is 6. The zero-order valence-electron chi connectivity index (χ0n) is 11.0. The molecule has 0 atom stereocenters. The van der Waals surface area contributed by atoms with Gasteiger partial charge in [0.1, 0.15) is 0 Å². The highest BCUT2D eigenvalue weighted by atomic mass is 16.8. The summed E-state index contributed by atoms with van der Waals surface area (Å²) < 4.78 is 14.9. The fourth-order valence-electron chi connectivity index (χ4n) is 1.61. The van der Waals surface area contributed by atoms with Gasteiger partial charge in [-0.1, -0.05) is 30.3 Å². The fraction of sp³-hybridized carbons (Fsp3) is 0.231. The Balaban J connectivity index is 1.92. The van der Waals surface area contributed by atoms with Crippen molar-refractivity contribution in [3.8, 4) is 0 Å². The lowest BCUT2D eigenvalue weighted by molar-refractivity contribution is -0.148. The van der Waals surface area contributed by atoms with Gasteiger partial charge in [-0.25, -0.2) is 0 Å². The van der Waals surface area contributed by atoms with Crippen LogP contribution >= 0.6 is 0 Å². The van der Waals surface area contributed by atoms with Crippen molar-refractivity contribution >= 4 is 25.3 Å². The van der Waals surface area contributed by atoms with E-state index >= 15 is 0 Å². The van der Waals surface area contributed by atoms with Crippen LogP contribution in [-0.2, 0) is 23.6 Å². The molecule has 1 fully saturated rings. The summed E-state index contributed by atoms with van der Waals surface area (Å²) in [6, 6.07) is 9.42. The van der Waals surface area contributed by atoms with E-state index in [-0.39, 0.29) is 13.1 Å². The minimum Gasteiger partial charge on any atom is -0.496 e. The number of hydrogen-bond donors (Lipinski definition) is 0. The molecule has 20 heavy (non-hydrogen) atoms. The first-order chi connectivity index (χ1) is 9.63. The standard InChI is InChI=1S/C13H14BNO5/c1-15-9-12(16)19-14(20-13(17)10-15)18-8-7-11-5-3-2-4-6-11/h2-8H,9-10H2,1H3/b8-7+. The van der Waals surface area contributed by atoms with Gasteiger partial charge >= 0.3 is 19.3 Å². The van der Waals surface area contributed by atoms with Crippen molar-refractivity contribution in [3.63, 3.8) is 0 Å².